The number of hydrogen-bond acceptors (Lipinski definition) is 2. The first-order valence-electron chi connectivity index (χ1n) is 5.07. The molecule has 1 aliphatic carbocycles. The largest absolute Gasteiger partial charge is 0.263 e. The van der Waals surface area contributed by atoms with Crippen LogP contribution in [0.2, 0.25) is 0 Å². The Hall–Kier alpha value is -0.470. The van der Waals surface area contributed by atoms with Crippen molar-refractivity contribution in [2.24, 2.45) is 5.41 Å². The fraction of sp³-hybridized carbons (Fsp3) is 0.500. The van der Waals surface area contributed by atoms with Gasteiger partial charge in [0.2, 0.25) is 0 Å². The zero-order chi connectivity index (χ0) is 10.2. The molecular weight excluding hydrogens is 190 g/mol. The lowest BCUT2D eigenvalue weighted by molar-refractivity contribution is 0.621. The highest BCUT2D eigenvalue weighted by molar-refractivity contribution is 7.97. The second kappa shape index (κ2) is 3.59. The summed E-state index contributed by atoms with van der Waals surface area (Å²) in [7, 11) is 1.95. The van der Waals surface area contributed by atoms with Gasteiger partial charge in [0.1, 0.15) is 0 Å². The molecule has 1 aromatic carbocycles. The number of hydrogen-bond donors (Lipinski definition) is 1. The van der Waals surface area contributed by atoms with Crippen molar-refractivity contribution in [3.8, 4) is 0 Å². The van der Waals surface area contributed by atoms with E-state index in [-0.39, 0.29) is 0 Å². The molecule has 0 amide bonds. The first-order chi connectivity index (χ1) is 6.63. The fourth-order valence-corrected chi connectivity index (χ4v) is 2.43. The second-order valence-electron chi connectivity index (χ2n) is 4.62. The summed E-state index contributed by atoms with van der Waals surface area (Å²) < 4.78 is 3.08. The summed E-state index contributed by atoms with van der Waals surface area (Å²) in [6.07, 6.45) is 1.34. The quantitative estimate of drug-likeness (QED) is 0.762. The molecule has 1 unspecified atom stereocenters. The third-order valence-electron chi connectivity index (χ3n) is 3.02. The van der Waals surface area contributed by atoms with E-state index >= 15 is 0 Å². The number of benzene rings is 1. The van der Waals surface area contributed by atoms with Gasteiger partial charge in [0.15, 0.2) is 0 Å². The van der Waals surface area contributed by atoms with Gasteiger partial charge in [-0.3, -0.25) is 4.72 Å². The summed E-state index contributed by atoms with van der Waals surface area (Å²) in [4.78, 5) is 1.29. The first kappa shape index (κ1) is 10.1. The summed E-state index contributed by atoms with van der Waals surface area (Å²) >= 11 is 1.67. The van der Waals surface area contributed by atoms with Crippen LogP contribution in [0, 0.1) is 5.41 Å². The number of rotatable bonds is 3. The van der Waals surface area contributed by atoms with Crippen LogP contribution in [-0.2, 0) is 0 Å². The normalized spacial score (nSPS) is 23.5. The maximum atomic E-state index is 3.08. The molecule has 1 aliphatic rings. The molecule has 0 radical (unpaired) electrons. The van der Waals surface area contributed by atoms with Crippen LogP contribution in [0.4, 0.5) is 0 Å². The molecular formula is C12H17NS. The van der Waals surface area contributed by atoms with Gasteiger partial charge in [-0.1, -0.05) is 26.0 Å². The lowest BCUT2D eigenvalue weighted by Gasteiger charge is -2.04. The maximum Gasteiger partial charge on any atom is 0.0228 e. The van der Waals surface area contributed by atoms with Crippen molar-refractivity contribution < 1.29 is 0 Å². The Morgan fingerprint density at radius 3 is 2.29 bits per heavy atom. The predicted molar refractivity (Wildman–Crippen MR) is 62.5 cm³/mol. The van der Waals surface area contributed by atoms with Gasteiger partial charge in [-0.25, -0.2) is 0 Å². The minimum Gasteiger partial charge on any atom is -0.263 e. The van der Waals surface area contributed by atoms with Gasteiger partial charge in [0, 0.05) is 4.90 Å². The van der Waals surface area contributed by atoms with Crippen molar-refractivity contribution in [1.29, 1.82) is 0 Å². The lowest BCUT2D eigenvalue weighted by atomic mass is 10.0. The average molecular weight is 207 g/mol. The molecule has 2 heteroatoms. The van der Waals surface area contributed by atoms with Crippen LogP contribution < -0.4 is 4.72 Å². The molecule has 0 heterocycles. The molecule has 0 aliphatic heterocycles. The summed E-state index contributed by atoms with van der Waals surface area (Å²) in [6, 6.07) is 8.92. The summed E-state index contributed by atoms with van der Waals surface area (Å²) in [5.41, 5.74) is 2.04. The van der Waals surface area contributed by atoms with Gasteiger partial charge in [0.05, 0.1) is 0 Å². The van der Waals surface area contributed by atoms with E-state index in [1.54, 1.807) is 11.9 Å². The van der Waals surface area contributed by atoms with Gasteiger partial charge >= 0.3 is 0 Å². The summed E-state index contributed by atoms with van der Waals surface area (Å²) in [5.74, 6) is 0.788. The van der Waals surface area contributed by atoms with Gasteiger partial charge in [-0.15, -0.1) is 0 Å². The lowest BCUT2D eigenvalue weighted by Crippen LogP contribution is -1.92. The van der Waals surface area contributed by atoms with Crippen molar-refractivity contribution in [2.45, 2.75) is 31.1 Å². The Balaban J connectivity index is 2.08. The van der Waals surface area contributed by atoms with E-state index in [2.05, 4.69) is 42.8 Å². The molecule has 1 N–H and O–H groups in total. The Kier molecular flexibility index (Phi) is 2.58. The summed E-state index contributed by atoms with van der Waals surface area (Å²) in [5, 5.41) is 0. The Morgan fingerprint density at radius 1 is 1.29 bits per heavy atom. The minimum atomic E-state index is 0.539. The first-order valence-corrected chi connectivity index (χ1v) is 5.89. The maximum absolute atomic E-state index is 3.08. The molecule has 1 aromatic rings. The van der Waals surface area contributed by atoms with Crippen LogP contribution in [0.3, 0.4) is 0 Å². The van der Waals surface area contributed by atoms with E-state index in [1.165, 1.54) is 16.9 Å². The van der Waals surface area contributed by atoms with Crippen molar-refractivity contribution in [3.63, 3.8) is 0 Å². The molecule has 1 saturated carbocycles. The minimum absolute atomic E-state index is 0.539. The topological polar surface area (TPSA) is 12.0 Å². The van der Waals surface area contributed by atoms with Crippen molar-refractivity contribution in [2.75, 3.05) is 7.05 Å². The van der Waals surface area contributed by atoms with E-state index in [1.807, 2.05) is 7.05 Å². The summed E-state index contributed by atoms with van der Waals surface area (Å²) in [6.45, 7) is 4.68. The zero-order valence-electron chi connectivity index (χ0n) is 9.00. The average Bonchev–Trinajstić information content (AvgIpc) is 2.77. The highest BCUT2D eigenvalue weighted by atomic mass is 32.2. The molecule has 76 valence electrons. The third-order valence-corrected chi connectivity index (χ3v) is 3.73. The molecule has 0 saturated heterocycles. The fourth-order valence-electron chi connectivity index (χ4n) is 1.92. The molecule has 2 rings (SSSR count). The molecule has 0 spiro atoms. The van der Waals surface area contributed by atoms with Gasteiger partial charge in [0.25, 0.3) is 0 Å². The van der Waals surface area contributed by atoms with E-state index in [0.29, 0.717) is 5.41 Å². The van der Waals surface area contributed by atoms with Crippen LogP contribution in [0.25, 0.3) is 0 Å². The smallest absolute Gasteiger partial charge is 0.0228 e. The molecule has 14 heavy (non-hydrogen) atoms. The SMILES string of the molecule is CNSc1ccc(C2CC2(C)C)cc1. The van der Waals surface area contributed by atoms with E-state index in [9.17, 15) is 0 Å². The molecule has 1 fully saturated rings. The molecule has 1 atom stereocenters. The standard InChI is InChI=1S/C12H17NS/c1-12(2)8-11(12)9-4-6-10(7-5-9)14-13-3/h4-7,11,13H,8H2,1-3H3. The second-order valence-corrected chi connectivity index (χ2v) is 5.70. The monoisotopic (exact) mass is 207 g/mol. The Bertz CT molecular complexity index is 316. The highest BCUT2D eigenvalue weighted by Gasteiger charge is 2.46. The Morgan fingerprint density at radius 2 is 1.86 bits per heavy atom. The van der Waals surface area contributed by atoms with Crippen molar-refractivity contribution >= 4 is 11.9 Å². The zero-order valence-corrected chi connectivity index (χ0v) is 9.82. The van der Waals surface area contributed by atoms with Crippen LogP contribution in [0.15, 0.2) is 29.2 Å². The van der Waals surface area contributed by atoms with E-state index in [4.69, 9.17) is 0 Å². The third kappa shape index (κ3) is 1.96. The Labute approximate surface area is 90.4 Å². The van der Waals surface area contributed by atoms with E-state index in [0.717, 1.165) is 5.92 Å². The number of nitrogens with one attached hydrogen (secondary N) is 1. The van der Waals surface area contributed by atoms with Gasteiger partial charge in [-0.05, 0) is 54.4 Å². The van der Waals surface area contributed by atoms with Crippen molar-refractivity contribution in [3.05, 3.63) is 29.8 Å². The van der Waals surface area contributed by atoms with E-state index < -0.39 is 0 Å². The van der Waals surface area contributed by atoms with Crippen LogP contribution >= 0.6 is 11.9 Å². The highest BCUT2D eigenvalue weighted by Crippen LogP contribution is 2.58. The predicted octanol–water partition coefficient (Wildman–Crippen LogP) is 3.43. The van der Waals surface area contributed by atoms with Crippen molar-refractivity contribution in [1.82, 2.24) is 4.72 Å². The molecule has 1 nitrogen and oxygen atoms in total. The van der Waals surface area contributed by atoms with Crippen LogP contribution in [0.5, 0.6) is 0 Å². The van der Waals surface area contributed by atoms with Crippen LogP contribution in [0.1, 0.15) is 31.7 Å². The van der Waals surface area contributed by atoms with Gasteiger partial charge < -0.3 is 0 Å². The molecule has 0 aromatic heterocycles. The van der Waals surface area contributed by atoms with Gasteiger partial charge in [-0.2, -0.15) is 0 Å². The molecule has 0 bridgehead atoms. The van der Waals surface area contributed by atoms with Crippen LogP contribution in [-0.4, -0.2) is 7.05 Å².